The lowest BCUT2D eigenvalue weighted by Crippen LogP contribution is -2.53. The molecule has 0 aromatic carbocycles. The molecule has 1 saturated heterocycles. The highest BCUT2D eigenvalue weighted by Gasteiger charge is 2.24. The molecule has 1 saturated carbocycles. The van der Waals surface area contributed by atoms with E-state index in [0.717, 1.165) is 38.8 Å². The minimum atomic E-state index is 0.105. The minimum absolute atomic E-state index is 0.105. The molecule has 1 amide bonds. The van der Waals surface area contributed by atoms with Crippen LogP contribution in [0.2, 0.25) is 0 Å². The second kappa shape index (κ2) is 7.22. The smallest absolute Gasteiger partial charge is 0.234 e. The molecule has 2 fully saturated rings. The van der Waals surface area contributed by atoms with E-state index in [-0.39, 0.29) is 11.9 Å². The van der Waals surface area contributed by atoms with E-state index >= 15 is 0 Å². The molecular formula is C14H27N3O2. The van der Waals surface area contributed by atoms with Crippen LogP contribution in [0.4, 0.5) is 0 Å². The van der Waals surface area contributed by atoms with Crippen molar-refractivity contribution in [2.75, 3.05) is 39.4 Å². The van der Waals surface area contributed by atoms with E-state index < -0.39 is 0 Å². The lowest BCUT2D eigenvalue weighted by molar-refractivity contribution is -0.121. The molecule has 0 spiro atoms. The van der Waals surface area contributed by atoms with Crippen LogP contribution < -0.4 is 10.6 Å². The Kier molecular flexibility index (Phi) is 5.60. The summed E-state index contributed by atoms with van der Waals surface area (Å²) in [6, 6.07) is 0.532. The van der Waals surface area contributed by atoms with E-state index in [0.29, 0.717) is 12.6 Å². The highest BCUT2D eigenvalue weighted by atomic mass is 16.5. The number of hydrogen-bond acceptors (Lipinski definition) is 4. The summed E-state index contributed by atoms with van der Waals surface area (Å²) >= 11 is 0. The third-order valence-electron chi connectivity index (χ3n) is 4.15. The number of carbonyl (C=O) groups excluding carboxylic acids is 1. The molecule has 1 aliphatic heterocycles. The van der Waals surface area contributed by atoms with Crippen molar-refractivity contribution in [3.63, 3.8) is 0 Å². The average Bonchev–Trinajstić information content (AvgIpc) is 3.23. The van der Waals surface area contributed by atoms with Gasteiger partial charge >= 0.3 is 0 Å². The summed E-state index contributed by atoms with van der Waals surface area (Å²) in [7, 11) is 0. The highest BCUT2D eigenvalue weighted by molar-refractivity contribution is 5.78. The van der Waals surface area contributed by atoms with Crippen molar-refractivity contribution in [1.29, 1.82) is 0 Å². The Morgan fingerprint density at radius 3 is 2.63 bits per heavy atom. The molecule has 5 nitrogen and oxygen atoms in total. The molecule has 2 unspecified atom stereocenters. The fourth-order valence-electron chi connectivity index (χ4n) is 2.44. The Hall–Kier alpha value is -0.650. The third kappa shape index (κ3) is 5.09. The first kappa shape index (κ1) is 14.8. The van der Waals surface area contributed by atoms with Gasteiger partial charge in [0.15, 0.2) is 0 Å². The van der Waals surface area contributed by atoms with Crippen LogP contribution in [0.1, 0.15) is 26.7 Å². The van der Waals surface area contributed by atoms with Gasteiger partial charge < -0.3 is 15.4 Å². The van der Waals surface area contributed by atoms with Crippen LogP contribution in [0.5, 0.6) is 0 Å². The van der Waals surface area contributed by atoms with Gasteiger partial charge in [-0.15, -0.1) is 0 Å². The summed E-state index contributed by atoms with van der Waals surface area (Å²) in [4.78, 5) is 14.2. The fraction of sp³-hybridized carbons (Fsp3) is 0.929. The molecule has 0 aromatic heterocycles. The Balaban J connectivity index is 1.63. The second-order valence-electron chi connectivity index (χ2n) is 5.82. The molecule has 0 bridgehead atoms. The molecule has 1 aliphatic carbocycles. The summed E-state index contributed by atoms with van der Waals surface area (Å²) in [5.74, 6) is 0.922. The van der Waals surface area contributed by atoms with Crippen LogP contribution in [0, 0.1) is 5.92 Å². The van der Waals surface area contributed by atoms with Crippen molar-refractivity contribution in [2.24, 2.45) is 5.92 Å². The SMILES string of the molecule is CC(NC(=O)CNCC1CC1)C(C)N1CCOCC1. The second-order valence-corrected chi connectivity index (χ2v) is 5.82. The maximum Gasteiger partial charge on any atom is 0.234 e. The topological polar surface area (TPSA) is 53.6 Å². The zero-order valence-electron chi connectivity index (χ0n) is 12.2. The van der Waals surface area contributed by atoms with Gasteiger partial charge in [-0.05, 0) is 39.2 Å². The predicted octanol–water partition coefficient (Wildman–Crippen LogP) is 0.211. The van der Waals surface area contributed by atoms with Crippen LogP contribution in [0.3, 0.4) is 0 Å². The predicted molar refractivity (Wildman–Crippen MR) is 75.1 cm³/mol. The van der Waals surface area contributed by atoms with E-state index in [1.165, 1.54) is 12.8 Å². The van der Waals surface area contributed by atoms with Gasteiger partial charge in [-0.25, -0.2) is 0 Å². The standard InChI is InChI=1S/C14H27N3O2/c1-11(12(2)17-5-7-19-8-6-17)16-14(18)10-15-9-13-3-4-13/h11-13,15H,3-10H2,1-2H3,(H,16,18). The number of ether oxygens (including phenoxy) is 1. The average molecular weight is 269 g/mol. The van der Waals surface area contributed by atoms with Crippen molar-refractivity contribution >= 4 is 5.91 Å². The molecule has 2 aliphatic rings. The molecule has 2 atom stereocenters. The lowest BCUT2D eigenvalue weighted by Gasteiger charge is -2.35. The monoisotopic (exact) mass is 269 g/mol. The van der Waals surface area contributed by atoms with Crippen LogP contribution in [-0.2, 0) is 9.53 Å². The van der Waals surface area contributed by atoms with Gasteiger partial charge in [0.25, 0.3) is 0 Å². The molecule has 2 rings (SSSR count). The van der Waals surface area contributed by atoms with Gasteiger partial charge in [0.1, 0.15) is 0 Å². The van der Waals surface area contributed by atoms with E-state index in [4.69, 9.17) is 4.74 Å². The zero-order chi connectivity index (χ0) is 13.7. The number of hydrogen-bond donors (Lipinski definition) is 2. The van der Waals surface area contributed by atoms with E-state index in [1.54, 1.807) is 0 Å². The maximum absolute atomic E-state index is 11.8. The Morgan fingerprint density at radius 2 is 2.00 bits per heavy atom. The van der Waals surface area contributed by atoms with Gasteiger partial charge in [-0.2, -0.15) is 0 Å². The van der Waals surface area contributed by atoms with Crippen LogP contribution in [0.15, 0.2) is 0 Å². The van der Waals surface area contributed by atoms with E-state index in [2.05, 4.69) is 29.4 Å². The summed E-state index contributed by atoms with van der Waals surface area (Å²) in [6.45, 7) is 9.20. The quantitative estimate of drug-likeness (QED) is 0.694. The first-order chi connectivity index (χ1) is 9.16. The summed E-state index contributed by atoms with van der Waals surface area (Å²) in [5, 5.41) is 6.31. The molecule has 1 heterocycles. The van der Waals surface area contributed by atoms with Crippen molar-refractivity contribution in [3.05, 3.63) is 0 Å². The Morgan fingerprint density at radius 1 is 1.32 bits per heavy atom. The minimum Gasteiger partial charge on any atom is -0.379 e. The van der Waals surface area contributed by atoms with Gasteiger partial charge in [0.05, 0.1) is 19.8 Å². The molecule has 0 aromatic rings. The van der Waals surface area contributed by atoms with E-state index in [9.17, 15) is 4.79 Å². The van der Waals surface area contributed by atoms with Gasteiger partial charge in [0.2, 0.25) is 5.91 Å². The van der Waals surface area contributed by atoms with Gasteiger partial charge in [-0.1, -0.05) is 0 Å². The molecular weight excluding hydrogens is 242 g/mol. The van der Waals surface area contributed by atoms with Crippen molar-refractivity contribution in [1.82, 2.24) is 15.5 Å². The van der Waals surface area contributed by atoms with Crippen LogP contribution in [-0.4, -0.2) is 62.3 Å². The van der Waals surface area contributed by atoms with Crippen molar-refractivity contribution in [3.8, 4) is 0 Å². The number of carbonyl (C=O) groups is 1. The van der Waals surface area contributed by atoms with E-state index in [1.807, 2.05) is 0 Å². The Bertz CT molecular complexity index is 288. The number of nitrogens with zero attached hydrogens (tertiary/aromatic N) is 1. The maximum atomic E-state index is 11.8. The number of rotatable bonds is 7. The van der Waals surface area contributed by atoms with Gasteiger partial charge in [-0.3, -0.25) is 9.69 Å². The first-order valence-electron chi connectivity index (χ1n) is 7.48. The summed E-state index contributed by atoms with van der Waals surface area (Å²) in [6.07, 6.45) is 2.64. The molecule has 19 heavy (non-hydrogen) atoms. The van der Waals surface area contributed by atoms with Crippen molar-refractivity contribution < 1.29 is 9.53 Å². The highest BCUT2D eigenvalue weighted by Crippen LogP contribution is 2.27. The largest absolute Gasteiger partial charge is 0.379 e. The fourth-order valence-corrected chi connectivity index (χ4v) is 2.44. The molecule has 0 radical (unpaired) electrons. The molecule has 2 N–H and O–H groups in total. The summed E-state index contributed by atoms with van der Waals surface area (Å²) < 4.78 is 5.35. The Labute approximate surface area is 116 Å². The molecule has 110 valence electrons. The lowest BCUT2D eigenvalue weighted by atomic mass is 10.1. The number of nitrogens with one attached hydrogen (secondary N) is 2. The number of amides is 1. The van der Waals surface area contributed by atoms with Crippen LogP contribution >= 0.6 is 0 Å². The molecule has 5 heteroatoms. The van der Waals surface area contributed by atoms with Crippen molar-refractivity contribution in [2.45, 2.75) is 38.8 Å². The normalized spacial score (nSPS) is 23.9. The summed E-state index contributed by atoms with van der Waals surface area (Å²) in [5.41, 5.74) is 0. The first-order valence-corrected chi connectivity index (χ1v) is 7.48. The van der Waals surface area contributed by atoms with Crippen LogP contribution in [0.25, 0.3) is 0 Å². The number of morpholine rings is 1. The zero-order valence-corrected chi connectivity index (χ0v) is 12.2. The third-order valence-corrected chi connectivity index (χ3v) is 4.15. The van der Waals surface area contributed by atoms with Gasteiger partial charge in [0, 0.05) is 25.2 Å².